The van der Waals surface area contributed by atoms with Gasteiger partial charge in [-0.15, -0.1) is 0 Å². The van der Waals surface area contributed by atoms with E-state index in [0.717, 1.165) is 30.6 Å². The van der Waals surface area contributed by atoms with Crippen molar-refractivity contribution in [2.75, 3.05) is 18.4 Å². The zero-order chi connectivity index (χ0) is 13.6. The maximum atomic E-state index is 4.35. The molecule has 5 heteroatoms. The molecule has 2 aromatic heterocycles. The number of pyridine rings is 1. The number of hydrogen-bond donors (Lipinski definition) is 2. The topological polar surface area (TPSA) is 62.7 Å². The Morgan fingerprint density at radius 3 is 2.80 bits per heavy atom. The van der Waals surface area contributed by atoms with Crippen molar-refractivity contribution in [1.82, 2.24) is 20.3 Å². The predicted molar refractivity (Wildman–Crippen MR) is 79.4 cm³/mol. The number of rotatable bonds is 5. The highest BCUT2D eigenvalue weighted by atomic mass is 15.1. The van der Waals surface area contributed by atoms with Gasteiger partial charge in [-0.05, 0) is 31.9 Å². The van der Waals surface area contributed by atoms with E-state index in [-0.39, 0.29) is 0 Å². The van der Waals surface area contributed by atoms with Gasteiger partial charge in [-0.2, -0.15) is 0 Å². The minimum atomic E-state index is 0.650. The Morgan fingerprint density at radius 2 is 2.10 bits per heavy atom. The largest absolute Gasteiger partial charge is 0.354 e. The fourth-order valence-electron chi connectivity index (χ4n) is 2.46. The molecule has 2 aromatic rings. The summed E-state index contributed by atoms with van der Waals surface area (Å²) < 4.78 is 0. The van der Waals surface area contributed by atoms with Gasteiger partial charge >= 0.3 is 0 Å². The predicted octanol–water partition coefficient (Wildman–Crippen LogP) is 2.09. The number of nitrogens with zero attached hydrogens (tertiary/aromatic N) is 3. The molecule has 104 valence electrons. The van der Waals surface area contributed by atoms with Crippen molar-refractivity contribution >= 4 is 5.95 Å². The first-order chi connectivity index (χ1) is 9.92. The third-order valence-corrected chi connectivity index (χ3v) is 3.58. The van der Waals surface area contributed by atoms with Crippen LogP contribution in [0.4, 0.5) is 5.95 Å². The molecule has 1 aliphatic rings. The van der Waals surface area contributed by atoms with Crippen LogP contribution in [0.5, 0.6) is 0 Å². The third kappa shape index (κ3) is 3.30. The summed E-state index contributed by atoms with van der Waals surface area (Å²) >= 11 is 0. The Labute approximate surface area is 118 Å². The molecule has 1 fully saturated rings. The minimum absolute atomic E-state index is 0.650. The Morgan fingerprint density at radius 1 is 1.20 bits per heavy atom. The van der Waals surface area contributed by atoms with Crippen LogP contribution < -0.4 is 10.6 Å². The van der Waals surface area contributed by atoms with E-state index in [1.54, 1.807) is 6.20 Å². The highest BCUT2D eigenvalue weighted by Crippen LogP contribution is 2.16. The maximum absolute atomic E-state index is 4.35. The highest BCUT2D eigenvalue weighted by molar-refractivity contribution is 5.60. The van der Waals surface area contributed by atoms with Crippen LogP contribution in [-0.4, -0.2) is 34.1 Å². The van der Waals surface area contributed by atoms with E-state index in [9.17, 15) is 0 Å². The second-order valence-electron chi connectivity index (χ2n) is 5.05. The molecule has 0 saturated carbocycles. The molecule has 0 amide bonds. The average molecular weight is 269 g/mol. The lowest BCUT2D eigenvalue weighted by molar-refractivity contribution is 0.573. The SMILES string of the molecule is c1cncc(-c2cnc(NCCC3CCCN3)nc2)c1. The van der Waals surface area contributed by atoms with Crippen LogP contribution in [0.1, 0.15) is 19.3 Å². The summed E-state index contributed by atoms with van der Waals surface area (Å²) in [6.07, 6.45) is 10.9. The molecule has 0 aliphatic carbocycles. The smallest absolute Gasteiger partial charge is 0.222 e. The molecule has 0 aromatic carbocycles. The lowest BCUT2D eigenvalue weighted by Crippen LogP contribution is -2.24. The van der Waals surface area contributed by atoms with Crippen molar-refractivity contribution in [3.05, 3.63) is 36.9 Å². The van der Waals surface area contributed by atoms with Gasteiger partial charge in [0.15, 0.2) is 0 Å². The first-order valence-corrected chi connectivity index (χ1v) is 7.11. The van der Waals surface area contributed by atoms with Crippen LogP contribution in [0.25, 0.3) is 11.1 Å². The van der Waals surface area contributed by atoms with Crippen LogP contribution in [-0.2, 0) is 0 Å². The van der Waals surface area contributed by atoms with Gasteiger partial charge in [0.25, 0.3) is 0 Å². The normalized spacial score (nSPS) is 18.1. The van der Waals surface area contributed by atoms with Gasteiger partial charge in [0.2, 0.25) is 5.95 Å². The molecule has 1 unspecified atom stereocenters. The highest BCUT2D eigenvalue weighted by Gasteiger charge is 2.13. The monoisotopic (exact) mass is 269 g/mol. The first-order valence-electron chi connectivity index (χ1n) is 7.11. The molecule has 1 saturated heterocycles. The molecule has 0 spiro atoms. The summed E-state index contributed by atoms with van der Waals surface area (Å²) in [4.78, 5) is 12.8. The van der Waals surface area contributed by atoms with Crippen LogP contribution in [0, 0.1) is 0 Å². The van der Waals surface area contributed by atoms with Crippen molar-refractivity contribution in [3.63, 3.8) is 0 Å². The summed E-state index contributed by atoms with van der Waals surface area (Å²) in [7, 11) is 0. The summed E-state index contributed by atoms with van der Waals surface area (Å²) in [6, 6.07) is 4.57. The zero-order valence-electron chi connectivity index (χ0n) is 11.4. The van der Waals surface area contributed by atoms with Gasteiger partial charge in [-0.1, -0.05) is 6.07 Å². The third-order valence-electron chi connectivity index (χ3n) is 3.58. The summed E-state index contributed by atoms with van der Waals surface area (Å²) in [5, 5.41) is 6.76. The Hall–Kier alpha value is -2.01. The molecule has 2 N–H and O–H groups in total. The second-order valence-corrected chi connectivity index (χ2v) is 5.05. The lowest BCUT2D eigenvalue weighted by atomic mass is 10.1. The average Bonchev–Trinajstić information content (AvgIpc) is 3.02. The standard InChI is InChI=1S/C15H19N5/c1-3-12(9-16-6-1)13-10-19-15(20-11-13)18-8-5-14-4-2-7-17-14/h1,3,6,9-11,14,17H,2,4-5,7-8H2,(H,18,19,20). The molecule has 0 radical (unpaired) electrons. The Bertz CT molecular complexity index is 520. The van der Waals surface area contributed by atoms with Gasteiger partial charge in [-0.25, -0.2) is 9.97 Å². The van der Waals surface area contributed by atoms with Gasteiger partial charge < -0.3 is 10.6 Å². The molecule has 0 bridgehead atoms. The molecular weight excluding hydrogens is 250 g/mol. The summed E-state index contributed by atoms with van der Waals surface area (Å²) in [6.45, 7) is 2.06. The van der Waals surface area contributed by atoms with Crippen molar-refractivity contribution in [2.24, 2.45) is 0 Å². The molecule has 20 heavy (non-hydrogen) atoms. The van der Waals surface area contributed by atoms with E-state index in [2.05, 4.69) is 25.6 Å². The fraction of sp³-hybridized carbons (Fsp3) is 0.400. The summed E-state index contributed by atoms with van der Waals surface area (Å²) in [5.74, 6) is 0.690. The second kappa shape index (κ2) is 6.43. The Kier molecular flexibility index (Phi) is 4.18. The van der Waals surface area contributed by atoms with E-state index in [1.165, 1.54) is 12.8 Å². The lowest BCUT2D eigenvalue weighted by Gasteiger charge is -2.10. The number of anilines is 1. The van der Waals surface area contributed by atoms with E-state index < -0.39 is 0 Å². The van der Waals surface area contributed by atoms with Crippen LogP contribution in [0.3, 0.4) is 0 Å². The van der Waals surface area contributed by atoms with Crippen molar-refractivity contribution in [2.45, 2.75) is 25.3 Å². The fourth-order valence-corrected chi connectivity index (χ4v) is 2.46. The van der Waals surface area contributed by atoms with Crippen LogP contribution >= 0.6 is 0 Å². The number of aromatic nitrogens is 3. The summed E-state index contributed by atoms with van der Waals surface area (Å²) in [5.41, 5.74) is 2.02. The van der Waals surface area contributed by atoms with E-state index >= 15 is 0 Å². The number of hydrogen-bond acceptors (Lipinski definition) is 5. The van der Waals surface area contributed by atoms with Gasteiger partial charge in [-0.3, -0.25) is 4.98 Å². The van der Waals surface area contributed by atoms with Gasteiger partial charge in [0.1, 0.15) is 0 Å². The van der Waals surface area contributed by atoms with Gasteiger partial charge in [0.05, 0.1) is 0 Å². The van der Waals surface area contributed by atoms with Crippen molar-refractivity contribution in [3.8, 4) is 11.1 Å². The Balaban J connectivity index is 1.53. The zero-order valence-corrected chi connectivity index (χ0v) is 11.4. The quantitative estimate of drug-likeness (QED) is 0.870. The molecule has 1 atom stereocenters. The molecule has 1 aliphatic heterocycles. The first kappa shape index (κ1) is 13.0. The van der Waals surface area contributed by atoms with Gasteiger partial charge in [0, 0.05) is 48.5 Å². The molecule has 5 nitrogen and oxygen atoms in total. The van der Waals surface area contributed by atoms with Crippen LogP contribution in [0.2, 0.25) is 0 Å². The molecule has 3 rings (SSSR count). The van der Waals surface area contributed by atoms with E-state index in [4.69, 9.17) is 0 Å². The van der Waals surface area contributed by atoms with Crippen molar-refractivity contribution < 1.29 is 0 Å². The van der Waals surface area contributed by atoms with Crippen LogP contribution in [0.15, 0.2) is 36.9 Å². The molecular formula is C15H19N5. The van der Waals surface area contributed by atoms with Crippen molar-refractivity contribution in [1.29, 1.82) is 0 Å². The maximum Gasteiger partial charge on any atom is 0.222 e. The molecule has 3 heterocycles. The van der Waals surface area contributed by atoms with E-state index in [0.29, 0.717) is 12.0 Å². The minimum Gasteiger partial charge on any atom is -0.354 e. The number of nitrogens with one attached hydrogen (secondary N) is 2. The van der Waals surface area contributed by atoms with E-state index in [1.807, 2.05) is 30.7 Å².